The summed E-state index contributed by atoms with van der Waals surface area (Å²) >= 11 is 0. The van der Waals surface area contributed by atoms with Crippen LogP contribution in [0.25, 0.3) is 22.2 Å². The Morgan fingerprint density at radius 1 is 1.17 bits per heavy atom. The van der Waals surface area contributed by atoms with Gasteiger partial charge in [-0.15, -0.1) is 0 Å². The number of nitriles is 1. The molecule has 1 heterocycles. The van der Waals surface area contributed by atoms with Crippen LogP contribution in [-0.4, -0.2) is 38.1 Å². The minimum absolute atomic E-state index is 0. The summed E-state index contributed by atoms with van der Waals surface area (Å²) < 4.78 is 17.8. The van der Waals surface area contributed by atoms with Crippen molar-refractivity contribution in [2.24, 2.45) is 0 Å². The molecule has 7 nitrogen and oxygen atoms in total. The summed E-state index contributed by atoms with van der Waals surface area (Å²) in [6, 6.07) is 15.4. The van der Waals surface area contributed by atoms with Gasteiger partial charge in [-0.2, -0.15) is 5.26 Å². The van der Waals surface area contributed by atoms with E-state index < -0.39 is 6.09 Å². The molecule has 3 rings (SSSR count). The Morgan fingerprint density at radius 3 is 2.57 bits per heavy atom. The fourth-order valence-corrected chi connectivity index (χ4v) is 3.34. The molecule has 158 valence electrons. The highest BCUT2D eigenvalue weighted by Crippen LogP contribution is 2.35. The molecule has 2 aromatic carbocycles. The molecule has 0 spiro atoms. The van der Waals surface area contributed by atoms with Gasteiger partial charge in [0.15, 0.2) is 0 Å². The lowest BCUT2D eigenvalue weighted by Gasteiger charge is -2.12. The van der Waals surface area contributed by atoms with E-state index >= 15 is 0 Å². The first kappa shape index (κ1) is 21.2. The van der Waals surface area contributed by atoms with E-state index in [1.807, 2.05) is 37.3 Å². The summed E-state index contributed by atoms with van der Waals surface area (Å²) in [5.74, 6) is 0.722. The molecule has 0 fully saturated rings. The van der Waals surface area contributed by atoms with Gasteiger partial charge < -0.3 is 18.8 Å². The summed E-state index contributed by atoms with van der Waals surface area (Å²) in [6.07, 6.45) is 0.281. The van der Waals surface area contributed by atoms with Gasteiger partial charge in [-0.3, -0.25) is 5.32 Å². The van der Waals surface area contributed by atoms with Gasteiger partial charge in [0.1, 0.15) is 11.8 Å². The van der Waals surface area contributed by atoms with Crippen LogP contribution >= 0.6 is 0 Å². The standard InChI is InChI=1S/C23H25N3O4.H2/c1-4-12-30-23(27)25-17-7-5-16(6-8-17)22-20(15-24)19-10-9-18(29-3)14-21(19)26(22)11-13-28-2;/h5-10,14H,4,11-13H2,1-3H3,(H,25,27);1H. The molecular weight excluding hydrogens is 382 g/mol. The molecule has 30 heavy (non-hydrogen) atoms. The molecule has 0 unspecified atom stereocenters. The molecule has 7 heteroatoms. The van der Waals surface area contributed by atoms with Crippen LogP contribution < -0.4 is 10.1 Å². The van der Waals surface area contributed by atoms with Crippen molar-refractivity contribution < 1.29 is 20.4 Å². The second-order valence-corrected chi connectivity index (χ2v) is 6.70. The Hall–Kier alpha value is -3.50. The Morgan fingerprint density at radius 2 is 1.93 bits per heavy atom. The van der Waals surface area contributed by atoms with Gasteiger partial charge >= 0.3 is 6.09 Å². The highest BCUT2D eigenvalue weighted by molar-refractivity contribution is 5.95. The van der Waals surface area contributed by atoms with Crippen LogP contribution in [0, 0.1) is 11.3 Å². The molecule has 0 atom stereocenters. The van der Waals surface area contributed by atoms with Crippen molar-refractivity contribution in [1.29, 1.82) is 5.26 Å². The zero-order valence-corrected chi connectivity index (χ0v) is 17.4. The number of hydrogen-bond donors (Lipinski definition) is 1. The largest absolute Gasteiger partial charge is 0.497 e. The smallest absolute Gasteiger partial charge is 0.411 e. The first-order valence-corrected chi connectivity index (χ1v) is 9.76. The number of amides is 1. The molecule has 0 aliphatic heterocycles. The second kappa shape index (κ2) is 9.81. The van der Waals surface area contributed by atoms with Gasteiger partial charge in [0.25, 0.3) is 0 Å². The molecule has 1 aromatic heterocycles. The molecule has 0 saturated heterocycles. The third-order valence-corrected chi connectivity index (χ3v) is 4.74. The first-order valence-electron chi connectivity index (χ1n) is 9.76. The van der Waals surface area contributed by atoms with Gasteiger partial charge in [-0.05, 0) is 36.2 Å². The minimum atomic E-state index is -0.483. The first-order chi connectivity index (χ1) is 14.6. The Kier molecular flexibility index (Phi) is 6.94. The van der Waals surface area contributed by atoms with Crippen molar-refractivity contribution in [1.82, 2.24) is 4.57 Å². The van der Waals surface area contributed by atoms with E-state index in [0.29, 0.717) is 31.0 Å². The monoisotopic (exact) mass is 409 g/mol. The lowest BCUT2D eigenvalue weighted by atomic mass is 10.1. The molecular formula is C23H27N3O4. The van der Waals surface area contributed by atoms with Crippen molar-refractivity contribution >= 4 is 22.7 Å². The number of benzene rings is 2. The second-order valence-electron chi connectivity index (χ2n) is 6.70. The Balaban J connectivity index is 0.00000341. The van der Waals surface area contributed by atoms with Crippen LogP contribution in [0.2, 0.25) is 0 Å². The third kappa shape index (κ3) is 4.39. The highest BCUT2D eigenvalue weighted by Gasteiger charge is 2.19. The number of aromatic nitrogens is 1. The average Bonchev–Trinajstić information content (AvgIpc) is 3.09. The molecule has 0 radical (unpaired) electrons. The van der Waals surface area contributed by atoms with Crippen LogP contribution in [0.3, 0.4) is 0 Å². The summed E-state index contributed by atoms with van der Waals surface area (Å²) in [4.78, 5) is 11.8. The molecule has 1 amide bonds. The van der Waals surface area contributed by atoms with Gasteiger partial charge in [-0.25, -0.2) is 4.79 Å². The van der Waals surface area contributed by atoms with E-state index in [-0.39, 0.29) is 1.43 Å². The molecule has 3 aromatic rings. The number of nitrogens with zero attached hydrogens (tertiary/aromatic N) is 2. The Labute approximate surface area is 177 Å². The normalized spacial score (nSPS) is 10.6. The predicted molar refractivity (Wildman–Crippen MR) is 118 cm³/mol. The van der Waals surface area contributed by atoms with E-state index in [0.717, 1.165) is 34.3 Å². The third-order valence-electron chi connectivity index (χ3n) is 4.74. The topological polar surface area (TPSA) is 85.5 Å². The SMILES string of the molecule is CCCOC(=O)Nc1ccc(-c2c(C#N)c3ccc(OC)cc3n2CCOC)cc1.[HH]. The van der Waals surface area contributed by atoms with Gasteiger partial charge in [-0.1, -0.05) is 19.1 Å². The van der Waals surface area contributed by atoms with Crippen LogP contribution in [0.4, 0.5) is 10.5 Å². The fraction of sp³-hybridized carbons (Fsp3) is 0.304. The van der Waals surface area contributed by atoms with Gasteiger partial charge in [0.2, 0.25) is 0 Å². The number of anilines is 1. The van der Waals surface area contributed by atoms with E-state index in [1.54, 1.807) is 26.4 Å². The van der Waals surface area contributed by atoms with Gasteiger partial charge in [0.05, 0.1) is 37.1 Å². The average molecular weight is 409 g/mol. The van der Waals surface area contributed by atoms with Crippen molar-refractivity contribution in [3.05, 3.63) is 48.0 Å². The number of carbonyl (C=O) groups is 1. The summed E-state index contributed by atoms with van der Waals surface area (Å²) in [7, 11) is 3.27. The molecule has 0 bridgehead atoms. The zero-order chi connectivity index (χ0) is 21.5. The summed E-state index contributed by atoms with van der Waals surface area (Å²) in [5, 5.41) is 13.5. The molecule has 0 saturated carbocycles. The fourth-order valence-electron chi connectivity index (χ4n) is 3.34. The lowest BCUT2D eigenvalue weighted by molar-refractivity contribution is 0.161. The zero-order valence-electron chi connectivity index (χ0n) is 17.4. The minimum Gasteiger partial charge on any atom is -0.497 e. The maximum atomic E-state index is 11.8. The van der Waals surface area contributed by atoms with Crippen molar-refractivity contribution in [2.45, 2.75) is 19.9 Å². The van der Waals surface area contributed by atoms with Crippen LogP contribution in [0.1, 0.15) is 20.3 Å². The van der Waals surface area contributed by atoms with E-state index in [1.165, 1.54) is 0 Å². The van der Waals surface area contributed by atoms with Gasteiger partial charge in [0, 0.05) is 32.2 Å². The molecule has 0 aliphatic carbocycles. The molecule has 1 N–H and O–H groups in total. The Bertz CT molecular complexity index is 1070. The maximum Gasteiger partial charge on any atom is 0.411 e. The molecule has 0 aliphatic rings. The van der Waals surface area contributed by atoms with Crippen LogP contribution in [-0.2, 0) is 16.0 Å². The summed E-state index contributed by atoms with van der Waals surface area (Å²) in [5.41, 5.74) is 3.79. The van der Waals surface area contributed by atoms with Crippen molar-refractivity contribution in [2.75, 3.05) is 32.8 Å². The van der Waals surface area contributed by atoms with E-state index in [4.69, 9.17) is 14.2 Å². The van der Waals surface area contributed by atoms with Crippen LogP contribution in [0.15, 0.2) is 42.5 Å². The predicted octanol–water partition coefficient (Wildman–Crippen LogP) is 5.04. The quantitative estimate of drug-likeness (QED) is 0.563. The number of ether oxygens (including phenoxy) is 3. The summed E-state index contributed by atoms with van der Waals surface area (Å²) in [6.45, 7) is 3.40. The van der Waals surface area contributed by atoms with Crippen molar-refractivity contribution in [3.63, 3.8) is 0 Å². The van der Waals surface area contributed by atoms with Crippen molar-refractivity contribution in [3.8, 4) is 23.1 Å². The number of hydrogen-bond acceptors (Lipinski definition) is 5. The van der Waals surface area contributed by atoms with E-state index in [2.05, 4.69) is 16.0 Å². The number of nitrogens with one attached hydrogen (secondary N) is 1. The number of methoxy groups -OCH3 is 2. The van der Waals surface area contributed by atoms with E-state index in [9.17, 15) is 10.1 Å². The number of carbonyl (C=O) groups excluding carboxylic acids is 1. The highest BCUT2D eigenvalue weighted by atomic mass is 16.5. The maximum absolute atomic E-state index is 11.8. The number of rotatable bonds is 8. The number of fused-ring (bicyclic) bond motifs is 1. The lowest BCUT2D eigenvalue weighted by Crippen LogP contribution is -2.13. The van der Waals surface area contributed by atoms with Crippen LogP contribution in [0.5, 0.6) is 5.75 Å².